The number of benzene rings is 1. The van der Waals surface area contributed by atoms with Gasteiger partial charge in [-0.3, -0.25) is 0 Å². The molecule has 0 aliphatic heterocycles. The second kappa shape index (κ2) is 7.04. The molecular formula is C14H20BrFN2O2. The van der Waals surface area contributed by atoms with E-state index in [1.165, 1.54) is 6.07 Å². The third-order valence-electron chi connectivity index (χ3n) is 2.40. The number of alkyl carbamates (subject to hydrolysis) is 1. The summed E-state index contributed by atoms with van der Waals surface area (Å²) in [5.41, 5.74) is 5.85. The first kappa shape index (κ1) is 16.9. The van der Waals surface area contributed by atoms with Crippen molar-refractivity contribution in [2.24, 2.45) is 5.73 Å². The van der Waals surface area contributed by atoms with Crippen LogP contribution in [0.3, 0.4) is 0 Å². The second-order valence-electron chi connectivity index (χ2n) is 5.58. The van der Waals surface area contributed by atoms with E-state index in [-0.39, 0.29) is 18.4 Å². The summed E-state index contributed by atoms with van der Waals surface area (Å²) in [4.78, 5) is 11.5. The fourth-order valence-electron chi connectivity index (χ4n) is 1.58. The topological polar surface area (TPSA) is 64.3 Å². The standard InChI is InChI=1S/C14H20BrFN2O2/c1-14(2,3)20-13(19)18-8-11(17)7-9-6-10(15)4-5-12(9)16/h4-6,11H,7-8,17H2,1-3H3,(H,18,19). The average molecular weight is 347 g/mol. The van der Waals surface area contributed by atoms with Crippen molar-refractivity contribution in [1.82, 2.24) is 5.32 Å². The van der Waals surface area contributed by atoms with Crippen LogP contribution in [-0.2, 0) is 11.2 Å². The molecule has 1 atom stereocenters. The highest BCUT2D eigenvalue weighted by Crippen LogP contribution is 2.16. The highest BCUT2D eigenvalue weighted by atomic mass is 79.9. The predicted octanol–water partition coefficient (Wildman–Crippen LogP) is 2.98. The van der Waals surface area contributed by atoms with Gasteiger partial charge in [-0.1, -0.05) is 15.9 Å². The van der Waals surface area contributed by atoms with Crippen molar-refractivity contribution >= 4 is 22.0 Å². The minimum absolute atomic E-state index is 0.223. The van der Waals surface area contributed by atoms with Gasteiger partial charge in [0.05, 0.1) is 0 Å². The van der Waals surface area contributed by atoms with E-state index < -0.39 is 11.7 Å². The van der Waals surface area contributed by atoms with Crippen molar-refractivity contribution in [3.8, 4) is 0 Å². The lowest BCUT2D eigenvalue weighted by Crippen LogP contribution is -2.41. The molecule has 1 aromatic carbocycles. The number of rotatable bonds is 4. The summed E-state index contributed by atoms with van der Waals surface area (Å²) in [6.07, 6.45) is -0.191. The summed E-state index contributed by atoms with van der Waals surface area (Å²) in [6, 6.07) is 4.31. The maximum atomic E-state index is 13.6. The Balaban J connectivity index is 2.46. The summed E-state index contributed by atoms with van der Waals surface area (Å²) >= 11 is 3.28. The molecule has 112 valence electrons. The van der Waals surface area contributed by atoms with E-state index in [9.17, 15) is 9.18 Å². The highest BCUT2D eigenvalue weighted by molar-refractivity contribution is 9.10. The van der Waals surface area contributed by atoms with Crippen molar-refractivity contribution in [3.63, 3.8) is 0 Å². The molecule has 1 aromatic rings. The monoisotopic (exact) mass is 346 g/mol. The van der Waals surface area contributed by atoms with Crippen LogP contribution in [0, 0.1) is 5.82 Å². The molecule has 0 heterocycles. The number of hydrogen-bond donors (Lipinski definition) is 2. The molecule has 0 bridgehead atoms. The Kier molecular flexibility index (Phi) is 5.95. The third-order valence-corrected chi connectivity index (χ3v) is 2.89. The number of halogens is 2. The van der Waals surface area contributed by atoms with Crippen LogP contribution in [0.1, 0.15) is 26.3 Å². The molecular weight excluding hydrogens is 327 g/mol. The maximum Gasteiger partial charge on any atom is 0.407 e. The van der Waals surface area contributed by atoms with Crippen LogP contribution < -0.4 is 11.1 Å². The van der Waals surface area contributed by atoms with Gasteiger partial charge >= 0.3 is 6.09 Å². The summed E-state index contributed by atoms with van der Waals surface area (Å²) in [6.45, 7) is 5.57. The first-order valence-electron chi connectivity index (χ1n) is 6.34. The van der Waals surface area contributed by atoms with E-state index in [1.54, 1.807) is 32.9 Å². The molecule has 0 saturated heterocycles. The number of nitrogens with two attached hydrogens (primary N) is 1. The molecule has 0 aliphatic carbocycles. The molecule has 0 radical (unpaired) electrons. The third kappa shape index (κ3) is 6.34. The average Bonchev–Trinajstić information content (AvgIpc) is 2.29. The summed E-state index contributed by atoms with van der Waals surface area (Å²) in [7, 11) is 0. The van der Waals surface area contributed by atoms with Crippen LogP contribution >= 0.6 is 15.9 Å². The Morgan fingerprint density at radius 3 is 2.75 bits per heavy atom. The molecule has 3 N–H and O–H groups in total. The van der Waals surface area contributed by atoms with E-state index in [4.69, 9.17) is 10.5 Å². The quantitative estimate of drug-likeness (QED) is 0.880. The Morgan fingerprint density at radius 1 is 1.50 bits per heavy atom. The van der Waals surface area contributed by atoms with Crippen molar-refractivity contribution in [3.05, 3.63) is 34.1 Å². The molecule has 1 amide bonds. The molecule has 1 unspecified atom stereocenters. The van der Waals surface area contributed by atoms with Gasteiger partial charge in [-0.25, -0.2) is 9.18 Å². The molecule has 0 spiro atoms. The summed E-state index contributed by atoms with van der Waals surface area (Å²) in [5, 5.41) is 2.57. The molecule has 0 saturated carbocycles. The van der Waals surface area contributed by atoms with Gasteiger partial charge in [-0.05, 0) is 51.0 Å². The lowest BCUT2D eigenvalue weighted by molar-refractivity contribution is 0.0524. The van der Waals surface area contributed by atoms with Crippen LogP contribution in [0.4, 0.5) is 9.18 Å². The van der Waals surface area contributed by atoms with Crippen molar-refractivity contribution in [2.45, 2.75) is 38.8 Å². The van der Waals surface area contributed by atoms with Crippen molar-refractivity contribution in [1.29, 1.82) is 0 Å². The van der Waals surface area contributed by atoms with Gasteiger partial charge in [0, 0.05) is 17.1 Å². The van der Waals surface area contributed by atoms with Gasteiger partial charge in [0.2, 0.25) is 0 Å². The van der Waals surface area contributed by atoms with Crippen LogP contribution in [0.25, 0.3) is 0 Å². The SMILES string of the molecule is CC(C)(C)OC(=O)NCC(N)Cc1cc(Br)ccc1F. The minimum atomic E-state index is -0.551. The summed E-state index contributed by atoms with van der Waals surface area (Å²) in [5.74, 6) is -0.305. The van der Waals surface area contributed by atoms with Crippen molar-refractivity contribution in [2.75, 3.05) is 6.54 Å². The molecule has 4 nitrogen and oxygen atoms in total. The number of carbonyl (C=O) groups is 1. The first-order valence-corrected chi connectivity index (χ1v) is 7.13. The Labute approximate surface area is 127 Å². The van der Waals surface area contributed by atoms with Crippen LogP contribution in [0.2, 0.25) is 0 Å². The van der Waals surface area contributed by atoms with Gasteiger partial charge in [-0.15, -0.1) is 0 Å². The normalized spacial score (nSPS) is 12.9. The van der Waals surface area contributed by atoms with E-state index in [1.807, 2.05) is 0 Å². The fraction of sp³-hybridized carbons (Fsp3) is 0.500. The molecule has 0 aromatic heterocycles. The molecule has 20 heavy (non-hydrogen) atoms. The Hall–Kier alpha value is -1.14. The molecule has 1 rings (SSSR count). The van der Waals surface area contributed by atoms with E-state index in [0.29, 0.717) is 12.0 Å². The lowest BCUT2D eigenvalue weighted by Gasteiger charge is -2.21. The zero-order valence-corrected chi connectivity index (χ0v) is 13.5. The van der Waals surface area contributed by atoms with Gasteiger partial charge in [0.15, 0.2) is 0 Å². The highest BCUT2D eigenvalue weighted by Gasteiger charge is 2.17. The fourth-order valence-corrected chi connectivity index (χ4v) is 1.99. The van der Waals surface area contributed by atoms with Crippen LogP contribution in [0.5, 0.6) is 0 Å². The molecule has 6 heteroatoms. The summed E-state index contributed by atoms with van der Waals surface area (Å²) < 4.78 is 19.4. The largest absolute Gasteiger partial charge is 0.444 e. The number of hydrogen-bond acceptors (Lipinski definition) is 3. The zero-order valence-electron chi connectivity index (χ0n) is 11.9. The number of amides is 1. The van der Waals surface area contributed by atoms with Crippen LogP contribution in [-0.4, -0.2) is 24.3 Å². The predicted molar refractivity (Wildman–Crippen MR) is 80.0 cm³/mol. The van der Waals surface area contributed by atoms with E-state index in [2.05, 4.69) is 21.2 Å². The van der Waals surface area contributed by atoms with Gasteiger partial charge in [-0.2, -0.15) is 0 Å². The van der Waals surface area contributed by atoms with Crippen LogP contribution in [0.15, 0.2) is 22.7 Å². The smallest absolute Gasteiger partial charge is 0.407 e. The first-order chi connectivity index (χ1) is 9.17. The van der Waals surface area contributed by atoms with Gasteiger partial charge in [0.1, 0.15) is 11.4 Å². The lowest BCUT2D eigenvalue weighted by atomic mass is 10.1. The van der Waals surface area contributed by atoms with E-state index in [0.717, 1.165) is 4.47 Å². The Bertz CT molecular complexity index is 475. The number of nitrogens with one attached hydrogen (secondary N) is 1. The van der Waals surface area contributed by atoms with Crippen molar-refractivity contribution < 1.29 is 13.9 Å². The Morgan fingerprint density at radius 2 is 2.15 bits per heavy atom. The van der Waals surface area contributed by atoms with Gasteiger partial charge < -0.3 is 15.8 Å². The zero-order chi connectivity index (χ0) is 15.3. The number of ether oxygens (including phenoxy) is 1. The van der Waals surface area contributed by atoms with Gasteiger partial charge in [0.25, 0.3) is 0 Å². The minimum Gasteiger partial charge on any atom is -0.444 e. The van der Waals surface area contributed by atoms with E-state index >= 15 is 0 Å². The maximum absolute atomic E-state index is 13.6. The molecule has 0 fully saturated rings. The molecule has 0 aliphatic rings. The second-order valence-corrected chi connectivity index (χ2v) is 6.50. The number of carbonyl (C=O) groups excluding carboxylic acids is 1.